The fourth-order valence-electron chi connectivity index (χ4n) is 6.50. The summed E-state index contributed by atoms with van der Waals surface area (Å²) in [6.45, 7) is 0.881. The Morgan fingerprint density at radius 1 is 0.792 bits per heavy atom. The number of hydrogen-bond donors (Lipinski definition) is 10. The Balaban J connectivity index is 0.977. The molecule has 0 aromatic carbocycles. The van der Waals surface area contributed by atoms with Crippen LogP contribution in [-0.2, 0) is 23.7 Å². The van der Waals surface area contributed by atoms with Gasteiger partial charge in [-0.3, -0.25) is 4.57 Å². The summed E-state index contributed by atoms with van der Waals surface area (Å²) in [4.78, 5) is 12.3. The summed E-state index contributed by atoms with van der Waals surface area (Å²) in [5.74, 6) is 0.207. The second-order valence-corrected chi connectivity index (χ2v) is 12.8. The van der Waals surface area contributed by atoms with Gasteiger partial charge in [-0.05, 0) is 19.3 Å². The van der Waals surface area contributed by atoms with E-state index in [4.69, 9.17) is 52.4 Å². The quantitative estimate of drug-likeness (QED) is 0.0797. The molecule has 0 unspecified atom stereocenters. The van der Waals surface area contributed by atoms with Crippen molar-refractivity contribution >= 4 is 17.0 Å². The molecule has 272 valence electrons. The number of nitrogen functional groups attached to an aromatic ring is 1. The lowest BCUT2D eigenvalue weighted by Gasteiger charge is -2.46. The van der Waals surface area contributed by atoms with Gasteiger partial charge in [-0.2, -0.15) is 0 Å². The number of ether oxygens (including phenoxy) is 5. The minimum Gasteiger partial charge on any atom is -0.389 e. The van der Waals surface area contributed by atoms with Crippen molar-refractivity contribution in [2.24, 2.45) is 22.9 Å². The Morgan fingerprint density at radius 3 is 2.27 bits per heavy atom. The van der Waals surface area contributed by atoms with E-state index in [1.54, 1.807) is 0 Å². The molecule has 19 heteroatoms. The van der Waals surface area contributed by atoms with Gasteiger partial charge in [0.15, 0.2) is 24.0 Å². The molecule has 5 rings (SSSR count). The molecule has 0 bridgehead atoms. The van der Waals surface area contributed by atoms with Crippen molar-refractivity contribution in [3.05, 3.63) is 12.7 Å². The topological polar surface area (TPSA) is 321 Å². The van der Waals surface area contributed by atoms with Crippen molar-refractivity contribution in [1.29, 1.82) is 0 Å². The van der Waals surface area contributed by atoms with Crippen LogP contribution in [0, 0.1) is 0 Å². The van der Waals surface area contributed by atoms with Gasteiger partial charge in [0, 0.05) is 31.8 Å². The number of anilines is 1. The minimum atomic E-state index is -1.33. The predicted octanol–water partition coefficient (Wildman–Crippen LogP) is -4.08. The lowest BCUT2D eigenvalue weighted by molar-refractivity contribution is -0.292. The van der Waals surface area contributed by atoms with Crippen LogP contribution in [0.5, 0.6) is 0 Å². The second-order valence-electron chi connectivity index (χ2n) is 12.8. The van der Waals surface area contributed by atoms with Crippen LogP contribution in [-0.4, -0.2) is 151 Å². The van der Waals surface area contributed by atoms with Crippen molar-refractivity contribution in [3.63, 3.8) is 0 Å². The van der Waals surface area contributed by atoms with Crippen LogP contribution in [0.2, 0.25) is 0 Å². The molecule has 0 radical (unpaired) electrons. The van der Waals surface area contributed by atoms with Crippen molar-refractivity contribution in [2.75, 3.05) is 32.1 Å². The number of nitrogens with two attached hydrogens (primary N) is 5. The fraction of sp³-hybridized carbons (Fsp3) is 0.828. The molecule has 0 amide bonds. The number of hydrogen-bond acceptors (Lipinski definition) is 18. The SMILES string of the molecule is NC[C@@H]1O[C@@H](O[C@@H]2[C@@H](O)[C@H](O)[C@@H](N)C[C@H]2N)[C@@H](N)[C@H](OCCCCCCCOC[C@H]2O[C@@H](n3cnc4c(N)ncnc43)[C@H](O)[C@@H]2O)[C@H]1O. The Kier molecular flexibility index (Phi) is 12.9. The third-order valence-corrected chi connectivity index (χ3v) is 9.36. The van der Waals surface area contributed by atoms with Crippen LogP contribution in [0.25, 0.3) is 11.2 Å². The molecule has 3 aliphatic rings. The van der Waals surface area contributed by atoms with Crippen molar-refractivity contribution in [1.82, 2.24) is 19.5 Å². The summed E-state index contributed by atoms with van der Waals surface area (Å²) < 4.78 is 30.9. The van der Waals surface area contributed by atoms with Gasteiger partial charge in [-0.25, -0.2) is 15.0 Å². The normalized spacial score (nSPS) is 38.9. The van der Waals surface area contributed by atoms with E-state index in [2.05, 4.69) is 15.0 Å². The van der Waals surface area contributed by atoms with Gasteiger partial charge < -0.3 is 77.9 Å². The average Bonchev–Trinajstić information content (AvgIpc) is 3.62. The molecule has 3 fully saturated rings. The predicted molar refractivity (Wildman–Crippen MR) is 168 cm³/mol. The largest absolute Gasteiger partial charge is 0.389 e. The maximum Gasteiger partial charge on any atom is 0.176 e. The Hall–Kier alpha value is -2.21. The highest BCUT2D eigenvalue weighted by molar-refractivity contribution is 5.81. The number of aromatic nitrogens is 4. The first kappa shape index (κ1) is 37.1. The number of aliphatic hydroxyl groups is 5. The Morgan fingerprint density at radius 2 is 1.52 bits per heavy atom. The highest BCUT2D eigenvalue weighted by atomic mass is 16.7. The summed E-state index contributed by atoms with van der Waals surface area (Å²) in [6, 6.07) is -2.25. The third-order valence-electron chi connectivity index (χ3n) is 9.36. The van der Waals surface area contributed by atoms with E-state index < -0.39 is 85.6 Å². The van der Waals surface area contributed by atoms with Crippen molar-refractivity contribution < 1.29 is 49.2 Å². The van der Waals surface area contributed by atoms with E-state index >= 15 is 0 Å². The molecular weight excluding hydrogens is 634 g/mol. The first-order valence-electron chi connectivity index (χ1n) is 16.5. The fourth-order valence-corrected chi connectivity index (χ4v) is 6.50. The van der Waals surface area contributed by atoms with Crippen LogP contribution >= 0.6 is 0 Å². The summed E-state index contributed by atoms with van der Waals surface area (Å²) in [5.41, 5.74) is 30.8. The zero-order chi connectivity index (χ0) is 34.5. The molecule has 48 heavy (non-hydrogen) atoms. The molecule has 14 atom stereocenters. The van der Waals surface area contributed by atoms with Crippen LogP contribution in [0.1, 0.15) is 44.8 Å². The van der Waals surface area contributed by atoms with Crippen molar-refractivity contribution in [3.8, 4) is 0 Å². The molecule has 2 aliphatic heterocycles. The van der Waals surface area contributed by atoms with Gasteiger partial charge in [-0.15, -0.1) is 0 Å². The van der Waals surface area contributed by atoms with Crippen LogP contribution in [0.4, 0.5) is 5.82 Å². The molecular formula is C29H51N9O10. The van der Waals surface area contributed by atoms with Gasteiger partial charge in [-0.1, -0.05) is 19.3 Å². The van der Waals surface area contributed by atoms with E-state index in [1.807, 2.05) is 0 Å². The van der Waals surface area contributed by atoms with E-state index in [0.29, 0.717) is 30.8 Å². The van der Waals surface area contributed by atoms with E-state index in [-0.39, 0.29) is 25.4 Å². The molecule has 2 aromatic rings. The molecule has 0 spiro atoms. The minimum absolute atomic E-state index is 0.0117. The first-order valence-corrected chi connectivity index (χ1v) is 16.5. The molecule has 19 nitrogen and oxygen atoms in total. The Bertz CT molecular complexity index is 1300. The summed E-state index contributed by atoms with van der Waals surface area (Å²) in [7, 11) is 0. The molecule has 2 aromatic heterocycles. The van der Waals surface area contributed by atoms with Gasteiger partial charge in [0.25, 0.3) is 0 Å². The Labute approximate surface area is 277 Å². The monoisotopic (exact) mass is 685 g/mol. The zero-order valence-electron chi connectivity index (χ0n) is 26.8. The second kappa shape index (κ2) is 16.7. The van der Waals surface area contributed by atoms with Crippen LogP contribution in [0.15, 0.2) is 12.7 Å². The van der Waals surface area contributed by atoms with E-state index in [0.717, 1.165) is 25.7 Å². The average molecular weight is 686 g/mol. The molecule has 15 N–H and O–H groups in total. The molecule has 2 saturated heterocycles. The maximum absolute atomic E-state index is 10.8. The number of nitrogens with zero attached hydrogens (tertiary/aromatic N) is 4. The van der Waals surface area contributed by atoms with E-state index in [1.165, 1.54) is 17.2 Å². The lowest BCUT2D eigenvalue weighted by Crippen LogP contribution is -2.67. The molecule has 1 aliphatic carbocycles. The van der Waals surface area contributed by atoms with Crippen LogP contribution in [0.3, 0.4) is 0 Å². The smallest absolute Gasteiger partial charge is 0.176 e. The molecule has 1 saturated carbocycles. The highest BCUT2D eigenvalue weighted by Gasteiger charge is 2.49. The lowest BCUT2D eigenvalue weighted by atomic mass is 9.84. The first-order chi connectivity index (χ1) is 23.0. The number of fused-ring (bicyclic) bond motifs is 1. The standard InChI is InChI=1S/C29H51N9O10/c30-9-15-21(41)25(17(33)29(47-15)48-24-14(32)8-13(31)19(39)22(24)42)45-7-5-3-1-2-4-6-44-10-16-20(40)23(43)28(46-16)38-12-37-18-26(34)35-11-36-27(18)38/h11-17,19-25,28-29,39-43H,1-10,30-33H2,(H2,34,35,36)/t13-,14+,15-,16+,17-,19+,20+,21-,22-,23+,24-,25-,28+,29-/m0/s1. The maximum atomic E-state index is 10.8. The van der Waals surface area contributed by atoms with Crippen LogP contribution < -0.4 is 28.7 Å². The zero-order valence-corrected chi connectivity index (χ0v) is 26.8. The summed E-state index contributed by atoms with van der Waals surface area (Å²) >= 11 is 0. The number of rotatable bonds is 15. The van der Waals surface area contributed by atoms with Gasteiger partial charge in [0.2, 0.25) is 0 Å². The number of unbranched alkanes of at least 4 members (excludes halogenated alkanes) is 4. The highest BCUT2D eigenvalue weighted by Crippen LogP contribution is 2.32. The van der Waals surface area contributed by atoms with E-state index in [9.17, 15) is 25.5 Å². The van der Waals surface area contributed by atoms with Crippen molar-refractivity contribution in [2.45, 2.75) is 124 Å². The number of imidazole rings is 1. The molecule has 4 heterocycles. The third kappa shape index (κ3) is 8.05. The van der Waals surface area contributed by atoms with Gasteiger partial charge in [0.1, 0.15) is 60.7 Å². The summed E-state index contributed by atoms with van der Waals surface area (Å²) in [5, 5.41) is 52.6. The van der Waals surface area contributed by atoms with Gasteiger partial charge >= 0.3 is 0 Å². The number of aliphatic hydroxyl groups excluding tert-OH is 5. The summed E-state index contributed by atoms with van der Waals surface area (Å²) in [6.07, 6.45) is -4.19. The van der Waals surface area contributed by atoms with Gasteiger partial charge in [0.05, 0.1) is 25.1 Å².